The second-order valence-electron chi connectivity index (χ2n) is 4.53. The van der Waals surface area contributed by atoms with Gasteiger partial charge in [-0.25, -0.2) is 4.79 Å². The number of carbonyl (C=O) groups is 2. The Balaban J connectivity index is 2.68. The Bertz CT molecular complexity index is 400. The normalized spacial score (nSPS) is 20.1. The molecule has 0 aromatic carbocycles. The van der Waals surface area contributed by atoms with E-state index in [9.17, 15) is 31.5 Å². The number of amides is 2. The molecule has 1 rings (SSSR count). The molecule has 0 aliphatic carbocycles. The van der Waals surface area contributed by atoms with Gasteiger partial charge in [-0.15, -0.1) is 0 Å². The van der Waals surface area contributed by atoms with E-state index >= 15 is 0 Å². The summed E-state index contributed by atoms with van der Waals surface area (Å²) in [6.07, 6.45) is -6.18. The zero-order valence-corrected chi connectivity index (χ0v) is 11.2. The first-order valence-electron chi connectivity index (χ1n) is 6.26. The Morgan fingerprint density at radius 1 is 1.29 bits per heavy atom. The Morgan fingerprint density at radius 2 is 1.90 bits per heavy atom. The Labute approximate surface area is 117 Å². The van der Waals surface area contributed by atoms with Gasteiger partial charge in [-0.05, 0) is 19.8 Å². The van der Waals surface area contributed by atoms with Crippen molar-refractivity contribution in [1.82, 2.24) is 10.2 Å². The van der Waals surface area contributed by atoms with E-state index in [-0.39, 0.29) is 19.6 Å². The van der Waals surface area contributed by atoms with Crippen molar-refractivity contribution < 1.29 is 36.3 Å². The molecule has 1 aliphatic heterocycles. The molecule has 0 radical (unpaired) electrons. The van der Waals surface area contributed by atoms with Gasteiger partial charge < -0.3 is 15.0 Å². The molecule has 1 saturated heterocycles. The van der Waals surface area contributed by atoms with Crippen molar-refractivity contribution in [2.24, 2.45) is 0 Å². The monoisotopic (exact) mass is 318 g/mol. The molecular formula is C11H15F5N2O3. The summed E-state index contributed by atoms with van der Waals surface area (Å²) < 4.78 is 67.0. The highest BCUT2D eigenvalue weighted by Gasteiger charge is 2.64. The van der Waals surface area contributed by atoms with E-state index in [2.05, 4.69) is 10.1 Å². The quantitative estimate of drug-likeness (QED) is 0.809. The van der Waals surface area contributed by atoms with E-state index in [4.69, 9.17) is 0 Å². The lowest BCUT2D eigenvalue weighted by atomic mass is 10.0. The lowest BCUT2D eigenvalue weighted by Gasteiger charge is -2.35. The fraction of sp³-hybridized carbons (Fsp3) is 0.818. The van der Waals surface area contributed by atoms with Crippen LogP contribution in [0.4, 0.5) is 26.7 Å². The van der Waals surface area contributed by atoms with Gasteiger partial charge in [0.1, 0.15) is 0 Å². The standard InChI is InChI=1S/C11H15F5N2O3/c1-2-21-9(20)17-7-4-3-5-18(6-7)8(19)10(12,13)11(14,15)16/h7H,2-6H2,1H3,(H,17,20). The van der Waals surface area contributed by atoms with Crippen LogP contribution in [0.3, 0.4) is 0 Å². The highest BCUT2D eigenvalue weighted by atomic mass is 19.4. The maximum Gasteiger partial charge on any atom is 0.463 e. The van der Waals surface area contributed by atoms with E-state index in [0.717, 1.165) is 0 Å². The number of hydrogen-bond acceptors (Lipinski definition) is 3. The van der Waals surface area contributed by atoms with Crippen molar-refractivity contribution in [2.45, 2.75) is 37.9 Å². The maximum absolute atomic E-state index is 13.0. The van der Waals surface area contributed by atoms with Gasteiger partial charge in [0.15, 0.2) is 0 Å². The van der Waals surface area contributed by atoms with Crippen LogP contribution in [0.25, 0.3) is 0 Å². The van der Waals surface area contributed by atoms with Gasteiger partial charge in [-0.3, -0.25) is 4.79 Å². The smallest absolute Gasteiger partial charge is 0.450 e. The number of ether oxygens (including phenoxy) is 1. The van der Waals surface area contributed by atoms with E-state index < -0.39 is 36.7 Å². The number of hydrogen-bond donors (Lipinski definition) is 1. The van der Waals surface area contributed by atoms with Crippen molar-refractivity contribution in [2.75, 3.05) is 19.7 Å². The Kier molecular flexibility index (Phi) is 5.35. The first kappa shape index (κ1) is 17.4. The Morgan fingerprint density at radius 3 is 2.43 bits per heavy atom. The topological polar surface area (TPSA) is 58.6 Å². The number of alkyl halides is 5. The van der Waals surface area contributed by atoms with Crippen LogP contribution in [0.1, 0.15) is 19.8 Å². The van der Waals surface area contributed by atoms with Crippen LogP contribution in [0.5, 0.6) is 0 Å². The fourth-order valence-corrected chi connectivity index (χ4v) is 1.94. The van der Waals surface area contributed by atoms with Crippen molar-refractivity contribution in [3.05, 3.63) is 0 Å². The summed E-state index contributed by atoms with van der Waals surface area (Å²) in [5.41, 5.74) is 0. The highest BCUT2D eigenvalue weighted by Crippen LogP contribution is 2.37. The van der Waals surface area contributed by atoms with Crippen LogP contribution >= 0.6 is 0 Å². The second kappa shape index (κ2) is 6.44. The maximum atomic E-state index is 13.0. The minimum atomic E-state index is -5.94. The van der Waals surface area contributed by atoms with Crippen LogP contribution in [-0.4, -0.2) is 54.7 Å². The molecule has 1 unspecified atom stereocenters. The molecule has 0 bridgehead atoms. The first-order chi connectivity index (χ1) is 9.59. The van der Waals surface area contributed by atoms with Crippen molar-refractivity contribution in [3.63, 3.8) is 0 Å². The number of nitrogens with one attached hydrogen (secondary N) is 1. The number of carbonyl (C=O) groups excluding carboxylic acids is 2. The third-order valence-corrected chi connectivity index (χ3v) is 2.93. The van der Waals surface area contributed by atoms with Crippen LogP contribution in [-0.2, 0) is 9.53 Å². The first-order valence-corrected chi connectivity index (χ1v) is 6.26. The summed E-state index contributed by atoms with van der Waals surface area (Å²) in [4.78, 5) is 22.9. The van der Waals surface area contributed by atoms with Crippen LogP contribution in [0.2, 0.25) is 0 Å². The van der Waals surface area contributed by atoms with Gasteiger partial charge in [-0.2, -0.15) is 22.0 Å². The van der Waals surface area contributed by atoms with E-state index in [1.807, 2.05) is 0 Å². The summed E-state index contributed by atoms with van der Waals surface area (Å²) in [7, 11) is 0. The van der Waals surface area contributed by atoms with Crippen molar-refractivity contribution in [1.29, 1.82) is 0 Å². The summed E-state index contributed by atoms with van der Waals surface area (Å²) in [6, 6.07) is -0.717. The summed E-state index contributed by atoms with van der Waals surface area (Å²) >= 11 is 0. The lowest BCUT2D eigenvalue weighted by molar-refractivity contribution is -0.274. The molecule has 1 N–H and O–H groups in total. The molecule has 0 aromatic heterocycles. The molecule has 1 aliphatic rings. The van der Waals surface area contributed by atoms with Gasteiger partial charge in [0.2, 0.25) is 0 Å². The van der Waals surface area contributed by atoms with Crippen molar-refractivity contribution >= 4 is 12.0 Å². The average molecular weight is 318 g/mol. The molecule has 21 heavy (non-hydrogen) atoms. The SMILES string of the molecule is CCOC(=O)NC1CCCN(C(=O)C(F)(F)C(F)(F)F)C1. The molecular weight excluding hydrogens is 303 g/mol. The zero-order chi connectivity index (χ0) is 16.3. The van der Waals surface area contributed by atoms with Crippen molar-refractivity contribution in [3.8, 4) is 0 Å². The van der Waals surface area contributed by atoms with Crippen LogP contribution in [0.15, 0.2) is 0 Å². The number of nitrogens with zero attached hydrogens (tertiary/aromatic N) is 1. The third kappa shape index (κ3) is 4.18. The molecule has 0 saturated carbocycles. The highest BCUT2D eigenvalue weighted by molar-refractivity contribution is 5.84. The predicted octanol–water partition coefficient (Wildman–Crippen LogP) is 1.92. The van der Waals surface area contributed by atoms with E-state index in [0.29, 0.717) is 11.3 Å². The van der Waals surface area contributed by atoms with Gasteiger partial charge in [0.05, 0.1) is 6.61 Å². The summed E-state index contributed by atoms with van der Waals surface area (Å²) in [5.74, 6) is -7.73. The second-order valence-corrected chi connectivity index (χ2v) is 4.53. The number of likely N-dealkylation sites (tertiary alicyclic amines) is 1. The molecule has 5 nitrogen and oxygen atoms in total. The number of piperidine rings is 1. The summed E-state index contributed by atoms with van der Waals surface area (Å²) in [6.45, 7) is 1.02. The largest absolute Gasteiger partial charge is 0.463 e. The molecule has 1 fully saturated rings. The molecule has 10 heteroatoms. The zero-order valence-electron chi connectivity index (χ0n) is 11.2. The molecule has 122 valence electrons. The van der Waals surface area contributed by atoms with E-state index in [1.54, 1.807) is 6.92 Å². The molecule has 1 atom stereocenters. The predicted molar refractivity (Wildman–Crippen MR) is 60.8 cm³/mol. The van der Waals surface area contributed by atoms with E-state index in [1.165, 1.54) is 0 Å². The average Bonchev–Trinajstić information content (AvgIpc) is 2.37. The lowest BCUT2D eigenvalue weighted by Crippen LogP contribution is -2.57. The Hall–Kier alpha value is -1.61. The molecule has 0 aromatic rings. The molecule has 2 amide bonds. The fourth-order valence-electron chi connectivity index (χ4n) is 1.94. The third-order valence-electron chi connectivity index (χ3n) is 2.93. The van der Waals surface area contributed by atoms with Gasteiger partial charge in [0, 0.05) is 19.1 Å². The molecule has 0 spiro atoms. The minimum Gasteiger partial charge on any atom is -0.450 e. The van der Waals surface area contributed by atoms with Crippen LogP contribution in [0, 0.1) is 0 Å². The number of rotatable bonds is 3. The number of alkyl carbamates (subject to hydrolysis) is 1. The van der Waals surface area contributed by atoms with Gasteiger partial charge in [-0.1, -0.05) is 0 Å². The number of halogens is 5. The molecule has 1 heterocycles. The van der Waals surface area contributed by atoms with Crippen LogP contribution < -0.4 is 5.32 Å². The summed E-state index contributed by atoms with van der Waals surface area (Å²) in [5, 5.41) is 2.31. The van der Waals surface area contributed by atoms with Gasteiger partial charge in [0.25, 0.3) is 0 Å². The van der Waals surface area contributed by atoms with Gasteiger partial charge >= 0.3 is 24.1 Å². The minimum absolute atomic E-state index is 0.0906.